The van der Waals surface area contributed by atoms with E-state index in [1.54, 1.807) is 24.4 Å². The number of carbonyl (C=O) groups excluding carboxylic acids is 1. The highest BCUT2D eigenvalue weighted by Gasteiger charge is 2.44. The van der Waals surface area contributed by atoms with Crippen LogP contribution < -0.4 is 14.8 Å². The molecule has 0 saturated carbocycles. The van der Waals surface area contributed by atoms with E-state index in [2.05, 4.69) is 10.3 Å². The average molecular weight is 516 g/mol. The highest BCUT2D eigenvalue weighted by atomic mass is 35.5. The van der Waals surface area contributed by atoms with Gasteiger partial charge in [0, 0.05) is 35.8 Å². The summed E-state index contributed by atoms with van der Waals surface area (Å²) in [7, 11) is -0.800. The molecule has 35 heavy (non-hydrogen) atoms. The Bertz CT molecular complexity index is 1290. The van der Waals surface area contributed by atoms with Gasteiger partial charge in [-0.1, -0.05) is 29.8 Å². The van der Waals surface area contributed by atoms with Crippen molar-refractivity contribution >= 4 is 27.5 Å². The van der Waals surface area contributed by atoms with E-state index < -0.39 is 21.9 Å². The molecule has 1 aromatic heterocycles. The number of nitrogens with zero attached hydrogens (tertiary/aromatic N) is 2. The van der Waals surface area contributed by atoms with Crippen molar-refractivity contribution in [3.8, 4) is 11.5 Å². The van der Waals surface area contributed by atoms with Crippen molar-refractivity contribution in [2.75, 3.05) is 27.3 Å². The van der Waals surface area contributed by atoms with Crippen LogP contribution in [0.1, 0.15) is 17.2 Å². The van der Waals surface area contributed by atoms with Gasteiger partial charge in [0.2, 0.25) is 15.9 Å². The number of aromatic nitrogens is 1. The van der Waals surface area contributed by atoms with Gasteiger partial charge in [-0.2, -0.15) is 4.31 Å². The summed E-state index contributed by atoms with van der Waals surface area (Å²) >= 11 is 5.94. The van der Waals surface area contributed by atoms with Crippen molar-refractivity contribution in [3.05, 3.63) is 83.1 Å². The van der Waals surface area contributed by atoms with Crippen LogP contribution in [0.4, 0.5) is 0 Å². The Kier molecular flexibility index (Phi) is 7.59. The molecule has 10 heteroatoms. The maximum absolute atomic E-state index is 13.4. The second-order valence-electron chi connectivity index (χ2n) is 8.11. The number of benzene rings is 2. The number of rotatable bonds is 8. The fourth-order valence-electron chi connectivity index (χ4n) is 4.32. The van der Waals surface area contributed by atoms with Crippen LogP contribution in [-0.2, 0) is 21.4 Å². The standard InChI is InChI=1S/C25H26ClN3O5S/c1-33-23-8-5-7-20(24(23)34-2)21-15-29(35(31,32)19-11-9-17(26)10-12-19)16-22(21)25(30)28-14-18-6-3-4-13-27-18/h3-13,21-22H,14-16H2,1-2H3,(H,28,30)/t21-,22-/m1/s1. The van der Waals surface area contributed by atoms with Gasteiger partial charge in [0.05, 0.1) is 37.3 Å². The number of ether oxygens (including phenoxy) is 2. The van der Waals surface area contributed by atoms with E-state index in [9.17, 15) is 13.2 Å². The van der Waals surface area contributed by atoms with Gasteiger partial charge in [-0.05, 0) is 42.5 Å². The third-order valence-electron chi connectivity index (χ3n) is 6.08. The number of halogens is 1. The van der Waals surface area contributed by atoms with E-state index in [0.717, 1.165) is 0 Å². The molecule has 2 atom stereocenters. The monoisotopic (exact) mass is 515 g/mol. The highest BCUT2D eigenvalue weighted by molar-refractivity contribution is 7.89. The maximum Gasteiger partial charge on any atom is 0.243 e. The second-order valence-corrected chi connectivity index (χ2v) is 10.5. The van der Waals surface area contributed by atoms with Crippen molar-refractivity contribution in [3.63, 3.8) is 0 Å². The third kappa shape index (κ3) is 5.27. The van der Waals surface area contributed by atoms with Crippen molar-refractivity contribution in [1.29, 1.82) is 0 Å². The van der Waals surface area contributed by atoms with Crippen LogP contribution in [0.15, 0.2) is 71.8 Å². The number of nitrogens with one attached hydrogen (secondary N) is 1. The molecule has 0 bridgehead atoms. The van der Waals surface area contributed by atoms with Crippen molar-refractivity contribution in [2.45, 2.75) is 17.4 Å². The van der Waals surface area contributed by atoms with Gasteiger partial charge >= 0.3 is 0 Å². The summed E-state index contributed by atoms with van der Waals surface area (Å²) in [6.07, 6.45) is 1.65. The first-order chi connectivity index (χ1) is 16.8. The Morgan fingerprint density at radius 3 is 2.49 bits per heavy atom. The summed E-state index contributed by atoms with van der Waals surface area (Å²) in [6.45, 7) is 0.363. The first-order valence-electron chi connectivity index (χ1n) is 11.0. The molecule has 3 aromatic rings. The summed E-state index contributed by atoms with van der Waals surface area (Å²) < 4.78 is 39.2. The minimum Gasteiger partial charge on any atom is -0.493 e. The predicted octanol–water partition coefficient (Wildman–Crippen LogP) is 3.47. The lowest BCUT2D eigenvalue weighted by atomic mass is 9.87. The molecule has 1 aliphatic heterocycles. The molecule has 4 rings (SSSR count). The minimum atomic E-state index is -3.85. The van der Waals surface area contributed by atoms with Crippen molar-refractivity contribution in [2.24, 2.45) is 5.92 Å². The Labute approximate surface area is 209 Å². The molecule has 0 spiro atoms. The fraction of sp³-hybridized carbons (Fsp3) is 0.280. The summed E-state index contributed by atoms with van der Waals surface area (Å²) in [4.78, 5) is 17.7. The molecule has 184 valence electrons. The molecule has 0 unspecified atom stereocenters. The molecule has 1 N–H and O–H groups in total. The van der Waals surface area contributed by atoms with Crippen LogP contribution >= 0.6 is 11.6 Å². The van der Waals surface area contributed by atoms with E-state index >= 15 is 0 Å². The number of carbonyl (C=O) groups is 1. The summed E-state index contributed by atoms with van der Waals surface area (Å²) in [5, 5.41) is 3.35. The van der Waals surface area contributed by atoms with E-state index in [1.807, 2.05) is 18.2 Å². The molecule has 1 saturated heterocycles. The Morgan fingerprint density at radius 1 is 1.06 bits per heavy atom. The average Bonchev–Trinajstić information content (AvgIpc) is 3.34. The number of pyridine rings is 1. The minimum absolute atomic E-state index is 0.0179. The van der Waals surface area contributed by atoms with E-state index in [1.165, 1.54) is 42.8 Å². The zero-order chi connectivity index (χ0) is 25.0. The third-order valence-corrected chi connectivity index (χ3v) is 8.18. The predicted molar refractivity (Wildman–Crippen MR) is 132 cm³/mol. The molecule has 1 aliphatic rings. The van der Waals surface area contributed by atoms with Crippen LogP contribution in [0.5, 0.6) is 11.5 Å². The van der Waals surface area contributed by atoms with E-state index in [-0.39, 0.29) is 30.4 Å². The van der Waals surface area contributed by atoms with Crippen LogP contribution in [0.3, 0.4) is 0 Å². The molecular weight excluding hydrogens is 490 g/mol. The van der Waals surface area contributed by atoms with Gasteiger partial charge in [0.25, 0.3) is 0 Å². The molecular formula is C25H26ClN3O5S. The smallest absolute Gasteiger partial charge is 0.243 e. The summed E-state index contributed by atoms with van der Waals surface area (Å²) in [6, 6.07) is 16.8. The quantitative estimate of drug-likeness (QED) is 0.493. The van der Waals surface area contributed by atoms with Gasteiger partial charge in [-0.25, -0.2) is 8.42 Å². The molecule has 0 radical (unpaired) electrons. The van der Waals surface area contributed by atoms with Gasteiger partial charge in [0.15, 0.2) is 11.5 Å². The maximum atomic E-state index is 13.4. The number of hydrogen-bond donors (Lipinski definition) is 1. The Morgan fingerprint density at radius 2 is 1.83 bits per heavy atom. The number of sulfonamides is 1. The zero-order valence-electron chi connectivity index (χ0n) is 19.3. The molecule has 1 amide bonds. The van der Waals surface area contributed by atoms with E-state index in [0.29, 0.717) is 27.8 Å². The zero-order valence-corrected chi connectivity index (χ0v) is 20.9. The molecule has 2 aromatic carbocycles. The van der Waals surface area contributed by atoms with Crippen LogP contribution in [0.25, 0.3) is 0 Å². The second kappa shape index (κ2) is 10.6. The number of para-hydroxylation sites is 1. The lowest BCUT2D eigenvalue weighted by molar-refractivity contribution is -0.125. The molecule has 8 nitrogen and oxygen atoms in total. The number of amides is 1. The van der Waals surface area contributed by atoms with E-state index in [4.69, 9.17) is 21.1 Å². The first-order valence-corrected chi connectivity index (χ1v) is 12.8. The molecule has 2 heterocycles. The van der Waals surface area contributed by atoms with Crippen molar-refractivity contribution in [1.82, 2.24) is 14.6 Å². The van der Waals surface area contributed by atoms with Gasteiger partial charge in [-0.3, -0.25) is 9.78 Å². The van der Waals surface area contributed by atoms with Crippen LogP contribution in [0, 0.1) is 5.92 Å². The topological polar surface area (TPSA) is 97.8 Å². The first kappa shape index (κ1) is 25.0. The lowest BCUT2D eigenvalue weighted by Gasteiger charge is -2.21. The summed E-state index contributed by atoms with van der Waals surface area (Å²) in [5.74, 6) is -0.378. The Balaban J connectivity index is 1.67. The van der Waals surface area contributed by atoms with Crippen LogP contribution in [0.2, 0.25) is 5.02 Å². The highest BCUT2D eigenvalue weighted by Crippen LogP contribution is 2.43. The molecule has 0 aliphatic carbocycles. The number of hydrogen-bond acceptors (Lipinski definition) is 6. The van der Waals surface area contributed by atoms with Gasteiger partial charge in [-0.15, -0.1) is 0 Å². The molecule has 1 fully saturated rings. The van der Waals surface area contributed by atoms with Gasteiger partial charge < -0.3 is 14.8 Å². The van der Waals surface area contributed by atoms with Crippen LogP contribution in [-0.4, -0.2) is 50.9 Å². The van der Waals surface area contributed by atoms with Gasteiger partial charge in [0.1, 0.15) is 0 Å². The van der Waals surface area contributed by atoms with Crippen molar-refractivity contribution < 1.29 is 22.7 Å². The Hall–Kier alpha value is -3.14. The normalized spacial score (nSPS) is 18.3. The fourth-order valence-corrected chi connectivity index (χ4v) is 5.93. The lowest BCUT2D eigenvalue weighted by Crippen LogP contribution is -2.35. The number of methoxy groups -OCH3 is 2. The largest absolute Gasteiger partial charge is 0.493 e. The SMILES string of the molecule is COc1cccc([C@H]2CN(S(=O)(=O)c3ccc(Cl)cc3)C[C@H]2C(=O)NCc2ccccn2)c1OC. The summed E-state index contributed by atoms with van der Waals surface area (Å²) in [5.41, 5.74) is 1.42.